The Kier molecular flexibility index (Phi) is 5.42. The van der Waals surface area contributed by atoms with Gasteiger partial charge in [0.15, 0.2) is 0 Å². The first-order valence-corrected chi connectivity index (χ1v) is 7.33. The number of methoxy groups -OCH3 is 1. The van der Waals surface area contributed by atoms with Crippen LogP contribution in [-0.2, 0) is 4.74 Å². The molecule has 4 nitrogen and oxygen atoms in total. The Hall–Kier alpha value is -0.160. The second-order valence-corrected chi connectivity index (χ2v) is 6.02. The Balaban J connectivity index is 1.75. The van der Waals surface area contributed by atoms with E-state index in [-0.39, 0.29) is 0 Å². The summed E-state index contributed by atoms with van der Waals surface area (Å²) in [6.45, 7) is 4.37. The van der Waals surface area contributed by atoms with Crippen molar-refractivity contribution in [3.05, 3.63) is 0 Å². The molecule has 1 N–H and O–H groups in total. The third-order valence-corrected chi connectivity index (χ3v) is 4.32. The lowest BCUT2D eigenvalue weighted by Gasteiger charge is -2.39. The number of hydrogen-bond donors (Lipinski definition) is 1. The molecule has 1 atom stereocenters. The summed E-state index contributed by atoms with van der Waals surface area (Å²) in [7, 11) is 6.21. The maximum Gasteiger partial charge on any atom is 0.0630 e. The number of hydrogen-bond acceptors (Lipinski definition) is 4. The normalized spacial score (nSPS) is 24.7. The average molecular weight is 255 g/mol. The number of piperidine rings is 1. The molecule has 0 aromatic rings. The van der Waals surface area contributed by atoms with Crippen LogP contribution in [0.5, 0.6) is 0 Å². The molecule has 0 aromatic carbocycles. The number of rotatable bonds is 7. The van der Waals surface area contributed by atoms with Gasteiger partial charge < -0.3 is 15.0 Å². The molecule has 0 spiro atoms. The van der Waals surface area contributed by atoms with E-state index in [0.29, 0.717) is 6.04 Å². The Bertz CT molecular complexity index is 235. The highest BCUT2D eigenvalue weighted by atomic mass is 16.5. The van der Waals surface area contributed by atoms with Crippen LogP contribution in [0.2, 0.25) is 0 Å². The second-order valence-electron chi connectivity index (χ2n) is 6.02. The minimum atomic E-state index is 0.554. The number of nitrogens with zero attached hydrogens (tertiary/aromatic N) is 2. The summed E-state index contributed by atoms with van der Waals surface area (Å²) in [4.78, 5) is 4.98. The van der Waals surface area contributed by atoms with Crippen LogP contribution in [0.15, 0.2) is 0 Å². The van der Waals surface area contributed by atoms with E-state index in [4.69, 9.17) is 4.74 Å². The second kappa shape index (κ2) is 6.85. The van der Waals surface area contributed by atoms with Gasteiger partial charge in [0.1, 0.15) is 0 Å². The predicted molar refractivity (Wildman–Crippen MR) is 75.0 cm³/mol. The monoisotopic (exact) mass is 255 g/mol. The molecule has 1 unspecified atom stereocenters. The lowest BCUT2D eigenvalue weighted by atomic mass is 10.0. The van der Waals surface area contributed by atoms with Gasteiger partial charge in [0.25, 0.3) is 0 Å². The molecule has 0 amide bonds. The Morgan fingerprint density at radius 3 is 2.39 bits per heavy atom. The van der Waals surface area contributed by atoms with Crippen LogP contribution in [0.4, 0.5) is 0 Å². The van der Waals surface area contributed by atoms with Crippen molar-refractivity contribution in [3.63, 3.8) is 0 Å². The number of ether oxygens (including phenoxy) is 1. The first-order valence-electron chi connectivity index (χ1n) is 7.33. The molecular formula is C14H29N3O. The van der Waals surface area contributed by atoms with Crippen molar-refractivity contribution >= 4 is 0 Å². The molecule has 18 heavy (non-hydrogen) atoms. The van der Waals surface area contributed by atoms with Crippen LogP contribution in [0.1, 0.15) is 25.7 Å². The molecule has 2 fully saturated rings. The quantitative estimate of drug-likeness (QED) is 0.727. The van der Waals surface area contributed by atoms with E-state index in [1.165, 1.54) is 38.8 Å². The molecule has 1 saturated carbocycles. The van der Waals surface area contributed by atoms with Gasteiger partial charge in [-0.3, -0.25) is 4.90 Å². The van der Waals surface area contributed by atoms with E-state index >= 15 is 0 Å². The van der Waals surface area contributed by atoms with Gasteiger partial charge in [0, 0.05) is 44.9 Å². The Labute approximate surface area is 112 Å². The zero-order chi connectivity index (χ0) is 13.0. The van der Waals surface area contributed by atoms with Gasteiger partial charge in [-0.25, -0.2) is 0 Å². The Morgan fingerprint density at radius 2 is 1.89 bits per heavy atom. The van der Waals surface area contributed by atoms with E-state index in [1.54, 1.807) is 0 Å². The molecule has 0 radical (unpaired) electrons. The molecule has 2 aliphatic rings. The highest BCUT2D eigenvalue weighted by Gasteiger charge is 2.28. The van der Waals surface area contributed by atoms with E-state index in [0.717, 1.165) is 25.2 Å². The molecule has 0 aromatic heterocycles. The van der Waals surface area contributed by atoms with Crippen molar-refractivity contribution in [2.24, 2.45) is 0 Å². The van der Waals surface area contributed by atoms with Crippen LogP contribution >= 0.6 is 0 Å². The minimum Gasteiger partial charge on any atom is -0.383 e. The van der Waals surface area contributed by atoms with Crippen molar-refractivity contribution in [2.45, 2.75) is 43.8 Å². The number of nitrogens with one attached hydrogen (secondary N) is 1. The first kappa shape index (κ1) is 14.3. The van der Waals surface area contributed by atoms with Crippen molar-refractivity contribution in [1.29, 1.82) is 0 Å². The summed E-state index contributed by atoms with van der Waals surface area (Å²) in [5.41, 5.74) is 0. The SMILES string of the molecule is COCC(CNC1CC1)N1CCC(N(C)C)CC1. The standard InChI is InChI=1S/C14H29N3O/c1-16(2)13-6-8-17(9-7-13)14(11-18-3)10-15-12-4-5-12/h12-15H,4-11H2,1-3H3. The summed E-state index contributed by atoms with van der Waals surface area (Å²) in [5, 5.41) is 3.64. The van der Waals surface area contributed by atoms with E-state index in [9.17, 15) is 0 Å². The molecule has 1 aliphatic carbocycles. The van der Waals surface area contributed by atoms with Gasteiger partial charge in [-0.1, -0.05) is 0 Å². The number of likely N-dealkylation sites (tertiary alicyclic amines) is 1. The molecule has 106 valence electrons. The van der Waals surface area contributed by atoms with Crippen LogP contribution in [0, 0.1) is 0 Å². The zero-order valence-electron chi connectivity index (χ0n) is 12.2. The largest absolute Gasteiger partial charge is 0.383 e. The lowest BCUT2D eigenvalue weighted by Crippen LogP contribution is -2.51. The van der Waals surface area contributed by atoms with Crippen molar-refractivity contribution in [1.82, 2.24) is 15.1 Å². The van der Waals surface area contributed by atoms with Gasteiger partial charge in [-0.05, 0) is 39.8 Å². The lowest BCUT2D eigenvalue weighted by molar-refractivity contribution is 0.0564. The molecular weight excluding hydrogens is 226 g/mol. The first-order chi connectivity index (χ1) is 8.70. The van der Waals surface area contributed by atoms with Crippen LogP contribution in [0.3, 0.4) is 0 Å². The van der Waals surface area contributed by atoms with Gasteiger partial charge in [0.2, 0.25) is 0 Å². The molecule has 2 rings (SSSR count). The smallest absolute Gasteiger partial charge is 0.0630 e. The summed E-state index contributed by atoms with van der Waals surface area (Å²) in [6, 6.07) is 2.11. The summed E-state index contributed by atoms with van der Waals surface area (Å²) >= 11 is 0. The Morgan fingerprint density at radius 1 is 1.22 bits per heavy atom. The zero-order valence-corrected chi connectivity index (χ0v) is 12.2. The average Bonchev–Trinajstić information content (AvgIpc) is 3.18. The van der Waals surface area contributed by atoms with Gasteiger partial charge in [0.05, 0.1) is 6.61 Å². The third kappa shape index (κ3) is 4.19. The maximum atomic E-state index is 5.39. The predicted octanol–water partition coefficient (Wildman–Crippen LogP) is 0.779. The molecule has 1 heterocycles. The van der Waals surface area contributed by atoms with Crippen molar-refractivity contribution in [3.8, 4) is 0 Å². The van der Waals surface area contributed by atoms with Gasteiger partial charge in [-0.2, -0.15) is 0 Å². The maximum absolute atomic E-state index is 5.39. The van der Waals surface area contributed by atoms with E-state index in [2.05, 4.69) is 29.2 Å². The highest BCUT2D eigenvalue weighted by Crippen LogP contribution is 2.20. The van der Waals surface area contributed by atoms with Crippen molar-refractivity contribution < 1.29 is 4.74 Å². The fourth-order valence-corrected chi connectivity index (χ4v) is 2.84. The van der Waals surface area contributed by atoms with Crippen LogP contribution < -0.4 is 5.32 Å². The van der Waals surface area contributed by atoms with E-state index < -0.39 is 0 Å². The molecule has 4 heteroatoms. The highest BCUT2D eigenvalue weighted by molar-refractivity contribution is 4.86. The van der Waals surface area contributed by atoms with Crippen LogP contribution in [-0.4, -0.2) is 75.4 Å². The molecule has 1 aliphatic heterocycles. The molecule has 0 bridgehead atoms. The van der Waals surface area contributed by atoms with Gasteiger partial charge in [-0.15, -0.1) is 0 Å². The summed E-state index contributed by atoms with van der Waals surface area (Å²) < 4.78 is 5.39. The van der Waals surface area contributed by atoms with Gasteiger partial charge >= 0.3 is 0 Å². The van der Waals surface area contributed by atoms with E-state index in [1.807, 2.05) is 7.11 Å². The van der Waals surface area contributed by atoms with Crippen molar-refractivity contribution in [2.75, 3.05) is 47.4 Å². The summed E-state index contributed by atoms with van der Waals surface area (Å²) in [6.07, 6.45) is 5.30. The fourth-order valence-electron chi connectivity index (χ4n) is 2.84. The fraction of sp³-hybridized carbons (Fsp3) is 1.00. The molecule has 1 saturated heterocycles. The third-order valence-electron chi connectivity index (χ3n) is 4.32. The topological polar surface area (TPSA) is 27.7 Å². The summed E-state index contributed by atoms with van der Waals surface area (Å²) in [5.74, 6) is 0. The van der Waals surface area contributed by atoms with Crippen LogP contribution in [0.25, 0.3) is 0 Å². The minimum absolute atomic E-state index is 0.554.